The van der Waals surface area contributed by atoms with Gasteiger partial charge < -0.3 is 84.3 Å². The zero-order chi connectivity index (χ0) is 39.7. The van der Waals surface area contributed by atoms with Gasteiger partial charge in [0.1, 0.15) is 70.9 Å². The van der Waals surface area contributed by atoms with E-state index in [2.05, 4.69) is 0 Å². The second-order valence-corrected chi connectivity index (χ2v) is 12.6. The monoisotopic (exact) mass is 772 g/mol. The number of hydrogen-bond donors (Lipinski definition) is 11. The molecule has 0 radical (unpaired) electrons. The fourth-order valence-corrected chi connectivity index (χ4v) is 5.93. The van der Waals surface area contributed by atoms with Crippen LogP contribution in [-0.2, 0) is 19.0 Å². The Balaban J connectivity index is 1.29. The Kier molecular flexibility index (Phi) is 11.5. The highest BCUT2D eigenvalue weighted by molar-refractivity contribution is 5.89. The van der Waals surface area contributed by atoms with Gasteiger partial charge in [-0.15, -0.1) is 0 Å². The number of phenols is 4. The second kappa shape index (κ2) is 16.1. The molecule has 4 aromatic rings. The smallest absolute Gasteiger partial charge is 0.331 e. The van der Waals surface area contributed by atoms with Crippen molar-refractivity contribution < 1.29 is 89.1 Å². The molecule has 3 heterocycles. The fraction of sp³-hybridized carbons (Fsp3) is 0.333. The lowest BCUT2D eigenvalue weighted by Gasteiger charge is -2.41. The summed E-state index contributed by atoms with van der Waals surface area (Å²) in [5.41, 5.74) is -0.981. The maximum atomic E-state index is 14.0. The van der Waals surface area contributed by atoms with E-state index in [1.807, 2.05) is 0 Å². The summed E-state index contributed by atoms with van der Waals surface area (Å²) in [6.07, 6.45) is -15.2. The van der Waals surface area contributed by atoms with Crippen molar-refractivity contribution in [2.75, 3.05) is 13.2 Å². The lowest BCUT2D eigenvalue weighted by Crippen LogP contribution is -2.61. The average molecular weight is 773 g/mol. The molecule has 0 bridgehead atoms. The van der Waals surface area contributed by atoms with Gasteiger partial charge in [-0.25, -0.2) is 4.79 Å². The van der Waals surface area contributed by atoms with Crippen molar-refractivity contribution in [2.45, 2.75) is 61.4 Å². The van der Waals surface area contributed by atoms with Crippen LogP contribution in [0.2, 0.25) is 0 Å². The summed E-state index contributed by atoms with van der Waals surface area (Å²) in [5, 5.41) is 112. The molecule has 2 saturated heterocycles. The number of carbonyl (C=O) groups excluding carboxylic acids is 1. The molecule has 2 fully saturated rings. The zero-order valence-electron chi connectivity index (χ0n) is 28.2. The number of esters is 1. The zero-order valence-corrected chi connectivity index (χ0v) is 28.2. The van der Waals surface area contributed by atoms with Crippen molar-refractivity contribution in [2.24, 2.45) is 0 Å². The number of phenolic OH excluding ortho intramolecular Hbond substituents is 4. The van der Waals surface area contributed by atoms with Gasteiger partial charge in [-0.1, -0.05) is 6.07 Å². The van der Waals surface area contributed by atoms with E-state index < -0.39 is 109 Å². The lowest BCUT2D eigenvalue weighted by molar-refractivity contribution is -0.280. The number of rotatable bonds is 10. The topological polar surface area (TPSA) is 316 Å². The van der Waals surface area contributed by atoms with Gasteiger partial charge in [0, 0.05) is 23.8 Å². The Bertz CT molecular complexity index is 2090. The number of fused-ring (bicyclic) bond motifs is 1. The van der Waals surface area contributed by atoms with E-state index in [-0.39, 0.29) is 34.2 Å². The highest BCUT2D eigenvalue weighted by Gasteiger charge is 2.48. The normalized spacial score (nSPS) is 28.3. The van der Waals surface area contributed by atoms with Crippen LogP contribution in [0.25, 0.3) is 28.4 Å². The third kappa shape index (κ3) is 8.01. The summed E-state index contributed by atoms with van der Waals surface area (Å²) >= 11 is 0. The first kappa shape index (κ1) is 39.2. The molecule has 1 aromatic heterocycles. The molecule has 10 atom stereocenters. The van der Waals surface area contributed by atoms with Crippen molar-refractivity contribution in [1.29, 1.82) is 0 Å². The van der Waals surface area contributed by atoms with E-state index in [4.69, 9.17) is 28.1 Å². The van der Waals surface area contributed by atoms with Crippen LogP contribution in [0.15, 0.2) is 69.9 Å². The molecule has 3 aromatic carbocycles. The van der Waals surface area contributed by atoms with Crippen molar-refractivity contribution in [3.05, 3.63) is 76.5 Å². The maximum absolute atomic E-state index is 14.0. The van der Waals surface area contributed by atoms with Crippen LogP contribution in [0.1, 0.15) is 5.56 Å². The standard InChI is InChI=1S/C36H36O19/c37-12-22-26(44)28(46)30(48)35(52-22)50-17-10-20(42)25-21(11-17)51-32(15-3-5-16(39)6-4-15)34(27(25)45)55-36-31(49)29(47)33(23(13-38)53-36)54-24(43)8-2-14-1-7-18(40)19(41)9-14/h1-11,22-23,26,28-31,33,35-42,44,46-49H,12-13H2/t22-,23+,26+,28+,29-,30+,31-,33-,35-,36-/m1/s1. The van der Waals surface area contributed by atoms with E-state index in [1.165, 1.54) is 42.5 Å². The first-order chi connectivity index (χ1) is 26.2. The van der Waals surface area contributed by atoms with Crippen LogP contribution in [0.4, 0.5) is 0 Å². The molecule has 294 valence electrons. The number of hydrogen-bond acceptors (Lipinski definition) is 19. The third-order valence-corrected chi connectivity index (χ3v) is 8.85. The Morgan fingerprint density at radius 1 is 0.709 bits per heavy atom. The van der Waals surface area contributed by atoms with E-state index in [0.717, 1.165) is 24.3 Å². The summed E-state index contributed by atoms with van der Waals surface area (Å²) in [4.78, 5) is 26.7. The van der Waals surface area contributed by atoms with Gasteiger partial charge in [0.25, 0.3) is 0 Å². The van der Waals surface area contributed by atoms with Gasteiger partial charge in [0.05, 0.1) is 13.2 Å². The van der Waals surface area contributed by atoms with Crippen LogP contribution in [-0.4, -0.2) is 137 Å². The van der Waals surface area contributed by atoms with Crippen LogP contribution in [0.3, 0.4) is 0 Å². The van der Waals surface area contributed by atoms with Crippen molar-refractivity contribution in [3.8, 4) is 45.8 Å². The van der Waals surface area contributed by atoms with Gasteiger partial charge in [-0.05, 0) is 48.0 Å². The quantitative estimate of drug-likeness (QED) is 0.0518. The molecule has 0 aliphatic carbocycles. The van der Waals surface area contributed by atoms with Crippen LogP contribution < -0.4 is 14.9 Å². The number of carbonyl (C=O) groups is 1. The molecule has 0 amide bonds. The summed E-state index contributed by atoms with van der Waals surface area (Å²) < 4.78 is 33.6. The van der Waals surface area contributed by atoms with Gasteiger partial charge in [-0.2, -0.15) is 0 Å². The van der Waals surface area contributed by atoms with Crippen molar-refractivity contribution >= 4 is 23.0 Å². The number of aliphatic hydroxyl groups is 7. The molecule has 19 heteroatoms. The molecule has 0 saturated carbocycles. The van der Waals surface area contributed by atoms with Gasteiger partial charge >= 0.3 is 5.97 Å². The van der Waals surface area contributed by atoms with Gasteiger partial charge in [0.2, 0.25) is 23.8 Å². The van der Waals surface area contributed by atoms with Gasteiger partial charge in [-0.3, -0.25) is 4.79 Å². The van der Waals surface area contributed by atoms with E-state index in [0.29, 0.717) is 5.56 Å². The highest BCUT2D eigenvalue weighted by Crippen LogP contribution is 2.39. The molecule has 55 heavy (non-hydrogen) atoms. The van der Waals surface area contributed by atoms with Crippen molar-refractivity contribution in [1.82, 2.24) is 0 Å². The molecule has 6 rings (SSSR count). The summed E-state index contributed by atoms with van der Waals surface area (Å²) in [6, 6.07) is 10.9. The van der Waals surface area contributed by atoms with E-state index >= 15 is 0 Å². The molecule has 19 nitrogen and oxygen atoms in total. The third-order valence-electron chi connectivity index (χ3n) is 8.85. The minimum Gasteiger partial charge on any atom is -0.508 e. The lowest BCUT2D eigenvalue weighted by atomic mass is 9.99. The molecule has 2 aliphatic heterocycles. The Labute approximate surface area is 308 Å². The first-order valence-corrected chi connectivity index (χ1v) is 16.5. The largest absolute Gasteiger partial charge is 0.508 e. The minimum atomic E-state index is -2.04. The Morgan fingerprint density at radius 3 is 2.04 bits per heavy atom. The number of aliphatic hydroxyl groups excluding tert-OH is 7. The maximum Gasteiger partial charge on any atom is 0.331 e. The molecular weight excluding hydrogens is 736 g/mol. The predicted octanol–water partition coefficient (Wildman–Crippen LogP) is -1.10. The first-order valence-electron chi connectivity index (χ1n) is 16.5. The fourth-order valence-electron chi connectivity index (χ4n) is 5.93. The molecule has 0 spiro atoms. The second-order valence-electron chi connectivity index (χ2n) is 12.6. The average Bonchev–Trinajstić information content (AvgIpc) is 3.16. The summed E-state index contributed by atoms with van der Waals surface area (Å²) in [5.74, 6) is -4.12. The minimum absolute atomic E-state index is 0.108. The highest BCUT2D eigenvalue weighted by atomic mass is 16.7. The number of ether oxygens (including phenoxy) is 5. The van der Waals surface area contributed by atoms with Crippen LogP contribution in [0, 0.1) is 0 Å². The Hall–Kier alpha value is -5.48. The Morgan fingerprint density at radius 2 is 1.36 bits per heavy atom. The molecule has 11 N–H and O–H groups in total. The predicted molar refractivity (Wildman–Crippen MR) is 183 cm³/mol. The molecular formula is C36H36O19. The van der Waals surface area contributed by atoms with Gasteiger partial charge in [0.15, 0.2) is 23.4 Å². The van der Waals surface area contributed by atoms with Crippen molar-refractivity contribution in [3.63, 3.8) is 0 Å². The number of benzene rings is 3. The van der Waals surface area contributed by atoms with Crippen LogP contribution in [0.5, 0.6) is 34.5 Å². The summed E-state index contributed by atoms with van der Waals surface area (Å²) in [7, 11) is 0. The van der Waals surface area contributed by atoms with E-state index in [1.54, 1.807) is 0 Å². The molecule has 0 unspecified atom stereocenters. The number of aromatic hydroxyl groups is 4. The SMILES string of the molecule is O=C(C=Cc1ccc(O)c(O)c1)O[C@H]1[C@H](O)[C@@H](O)[C@@H](Oc2c(-c3ccc(O)cc3)oc3cc(O[C@@H]4O[C@H](CO)[C@H](O)[C@H](O)[C@@H]4O)cc(O)c3c2=O)O[C@H]1CO. The van der Waals surface area contributed by atoms with E-state index in [9.17, 15) is 65.8 Å². The molecule has 2 aliphatic rings. The summed E-state index contributed by atoms with van der Waals surface area (Å²) in [6.45, 7) is -1.62. The van der Waals surface area contributed by atoms with Crippen LogP contribution >= 0.6 is 0 Å².